The minimum atomic E-state index is -0.337. The van der Waals surface area contributed by atoms with Crippen LogP contribution in [0.15, 0.2) is 0 Å². The third-order valence-electron chi connectivity index (χ3n) is 3.72. The quantitative estimate of drug-likeness (QED) is 0.322. The molecule has 0 aromatic rings. The van der Waals surface area contributed by atoms with E-state index in [9.17, 15) is 4.79 Å². The number of carbonyl (C=O) groups excluding carboxylic acids is 1. The molecule has 0 aliphatic heterocycles. The highest BCUT2D eigenvalue weighted by Gasteiger charge is 2.02. The third kappa shape index (κ3) is 17.4. The molecule has 0 heterocycles. The van der Waals surface area contributed by atoms with Gasteiger partial charge in [0, 0.05) is 0 Å². The second-order valence-corrected chi connectivity index (χ2v) is 5.89. The number of aliphatic hydroxyl groups excluding tert-OH is 1. The highest BCUT2D eigenvalue weighted by Crippen LogP contribution is 2.11. The van der Waals surface area contributed by atoms with Crippen LogP contribution in [0.5, 0.6) is 0 Å². The predicted molar refractivity (Wildman–Crippen MR) is 89.9 cm³/mol. The molecule has 132 valence electrons. The summed E-state index contributed by atoms with van der Waals surface area (Å²) in [7, 11) is 0. The molecule has 0 radical (unpaired) electrons. The number of hydrogen-bond acceptors (Lipinski definition) is 4. The van der Waals surface area contributed by atoms with E-state index < -0.39 is 0 Å². The van der Waals surface area contributed by atoms with Crippen LogP contribution in [-0.4, -0.2) is 37.5 Å². The van der Waals surface area contributed by atoms with Gasteiger partial charge in [0.15, 0.2) is 0 Å². The molecule has 22 heavy (non-hydrogen) atoms. The number of unbranched alkanes of at least 4 members (excludes halogenated alkanes) is 11. The predicted octanol–water partition coefficient (Wildman–Crippen LogP) is 4.24. The van der Waals surface area contributed by atoms with Crippen LogP contribution in [0.1, 0.15) is 84.0 Å². The molecule has 4 nitrogen and oxygen atoms in total. The second kappa shape index (κ2) is 18.4. The van der Waals surface area contributed by atoms with Crippen molar-refractivity contribution in [1.82, 2.24) is 0 Å². The fraction of sp³-hybridized carbons (Fsp3) is 0.944. The molecule has 0 atom stereocenters. The van der Waals surface area contributed by atoms with Crippen molar-refractivity contribution in [2.75, 3.05) is 26.4 Å². The summed E-state index contributed by atoms with van der Waals surface area (Å²) in [6, 6.07) is 0. The first-order chi connectivity index (χ1) is 10.8. The lowest BCUT2D eigenvalue weighted by atomic mass is 10.1. The Morgan fingerprint density at radius 3 is 1.77 bits per heavy atom. The van der Waals surface area contributed by atoms with Crippen molar-refractivity contribution < 1.29 is 19.4 Å². The summed E-state index contributed by atoms with van der Waals surface area (Å²) in [5.41, 5.74) is 0. The zero-order chi connectivity index (χ0) is 16.3. The number of hydrogen-bond donors (Lipinski definition) is 1. The zero-order valence-corrected chi connectivity index (χ0v) is 14.5. The van der Waals surface area contributed by atoms with E-state index in [0.717, 1.165) is 12.8 Å². The van der Waals surface area contributed by atoms with Crippen molar-refractivity contribution in [3.05, 3.63) is 0 Å². The molecule has 0 spiro atoms. The largest absolute Gasteiger partial charge is 0.464 e. The van der Waals surface area contributed by atoms with Crippen LogP contribution in [0.4, 0.5) is 0 Å². The number of ether oxygens (including phenoxy) is 2. The molecule has 0 saturated heterocycles. The van der Waals surface area contributed by atoms with Crippen molar-refractivity contribution in [2.45, 2.75) is 84.0 Å². The van der Waals surface area contributed by atoms with Gasteiger partial charge >= 0.3 is 5.97 Å². The minimum Gasteiger partial charge on any atom is -0.464 e. The summed E-state index contributed by atoms with van der Waals surface area (Å²) < 4.78 is 9.92. The Kier molecular flexibility index (Phi) is 17.9. The molecular formula is C18H36O4. The Morgan fingerprint density at radius 2 is 1.27 bits per heavy atom. The van der Waals surface area contributed by atoms with Crippen LogP contribution < -0.4 is 0 Å². The monoisotopic (exact) mass is 316 g/mol. The summed E-state index contributed by atoms with van der Waals surface area (Å²) >= 11 is 0. The van der Waals surface area contributed by atoms with Gasteiger partial charge in [0.25, 0.3) is 0 Å². The topological polar surface area (TPSA) is 55.8 Å². The first-order valence-corrected chi connectivity index (χ1v) is 9.15. The van der Waals surface area contributed by atoms with E-state index in [4.69, 9.17) is 14.6 Å². The summed E-state index contributed by atoms with van der Waals surface area (Å²) in [6.07, 6.45) is 15.6. The normalized spacial score (nSPS) is 10.8. The Bertz CT molecular complexity index is 231. The minimum absolute atomic E-state index is 0.0567. The number of esters is 1. The van der Waals surface area contributed by atoms with Crippen LogP contribution in [0, 0.1) is 0 Å². The number of carbonyl (C=O) groups is 1. The van der Waals surface area contributed by atoms with Gasteiger partial charge in [0.2, 0.25) is 0 Å². The van der Waals surface area contributed by atoms with Gasteiger partial charge in [-0.25, -0.2) is 4.79 Å². The van der Waals surface area contributed by atoms with Crippen molar-refractivity contribution >= 4 is 5.97 Å². The lowest BCUT2D eigenvalue weighted by molar-refractivity contribution is -0.149. The highest BCUT2D eigenvalue weighted by atomic mass is 16.6. The fourth-order valence-electron chi connectivity index (χ4n) is 2.39. The maximum Gasteiger partial charge on any atom is 0.332 e. The summed E-state index contributed by atoms with van der Waals surface area (Å²) in [4.78, 5) is 11.2. The lowest BCUT2D eigenvalue weighted by Gasteiger charge is -2.05. The first kappa shape index (κ1) is 21.4. The Hall–Kier alpha value is -0.610. The second-order valence-electron chi connectivity index (χ2n) is 5.89. The van der Waals surface area contributed by atoms with E-state index in [1.54, 1.807) is 0 Å². The summed E-state index contributed by atoms with van der Waals surface area (Å²) in [5.74, 6) is -0.337. The van der Waals surface area contributed by atoms with Crippen molar-refractivity contribution in [3.8, 4) is 0 Å². The average molecular weight is 316 g/mol. The van der Waals surface area contributed by atoms with Gasteiger partial charge in [0.05, 0.1) is 19.8 Å². The van der Waals surface area contributed by atoms with E-state index in [1.807, 2.05) is 0 Å². The molecule has 0 amide bonds. The van der Waals surface area contributed by atoms with Crippen molar-refractivity contribution in [3.63, 3.8) is 0 Å². The molecule has 0 aliphatic carbocycles. The van der Waals surface area contributed by atoms with E-state index in [2.05, 4.69) is 6.92 Å². The van der Waals surface area contributed by atoms with Gasteiger partial charge in [-0.05, 0) is 6.42 Å². The Morgan fingerprint density at radius 1 is 0.773 bits per heavy atom. The van der Waals surface area contributed by atoms with Crippen LogP contribution in [0.3, 0.4) is 0 Å². The van der Waals surface area contributed by atoms with Crippen LogP contribution >= 0.6 is 0 Å². The van der Waals surface area contributed by atoms with E-state index in [-0.39, 0.29) is 25.8 Å². The first-order valence-electron chi connectivity index (χ1n) is 9.15. The maximum atomic E-state index is 11.2. The molecule has 0 rings (SSSR count). The van der Waals surface area contributed by atoms with Gasteiger partial charge in [-0.1, -0.05) is 77.6 Å². The van der Waals surface area contributed by atoms with E-state index in [1.165, 1.54) is 64.2 Å². The van der Waals surface area contributed by atoms with Gasteiger partial charge in [0.1, 0.15) is 6.61 Å². The molecule has 0 fully saturated rings. The van der Waals surface area contributed by atoms with Crippen LogP contribution in [0.25, 0.3) is 0 Å². The van der Waals surface area contributed by atoms with Gasteiger partial charge in [-0.2, -0.15) is 0 Å². The Balaban J connectivity index is 3.06. The summed E-state index contributed by atoms with van der Waals surface area (Å²) in [6.45, 7) is 2.81. The molecule has 0 unspecified atom stereocenters. The molecule has 0 aliphatic rings. The lowest BCUT2D eigenvalue weighted by Crippen LogP contribution is -2.14. The number of aliphatic hydroxyl groups is 1. The van der Waals surface area contributed by atoms with E-state index >= 15 is 0 Å². The van der Waals surface area contributed by atoms with Gasteiger partial charge in [-0.3, -0.25) is 0 Å². The maximum absolute atomic E-state index is 11.2. The zero-order valence-electron chi connectivity index (χ0n) is 14.5. The average Bonchev–Trinajstić information content (AvgIpc) is 2.52. The fourth-order valence-corrected chi connectivity index (χ4v) is 2.39. The van der Waals surface area contributed by atoms with Crippen LogP contribution in [0.2, 0.25) is 0 Å². The molecular weight excluding hydrogens is 280 g/mol. The number of rotatable bonds is 17. The molecule has 1 N–H and O–H groups in total. The van der Waals surface area contributed by atoms with Crippen molar-refractivity contribution in [1.29, 1.82) is 0 Å². The molecule has 0 saturated carbocycles. The highest BCUT2D eigenvalue weighted by molar-refractivity contribution is 5.70. The smallest absolute Gasteiger partial charge is 0.332 e. The SMILES string of the molecule is CCCCCCCCCCCCCCOC(=O)COCCO. The molecule has 4 heteroatoms. The molecule has 0 aromatic carbocycles. The summed E-state index contributed by atoms with van der Waals surface area (Å²) in [5, 5.41) is 8.50. The molecule has 0 bridgehead atoms. The van der Waals surface area contributed by atoms with Gasteiger partial charge < -0.3 is 14.6 Å². The molecule has 0 aromatic heterocycles. The Labute approximate surface area is 136 Å². The van der Waals surface area contributed by atoms with Gasteiger partial charge in [-0.15, -0.1) is 0 Å². The van der Waals surface area contributed by atoms with E-state index in [0.29, 0.717) is 6.61 Å². The van der Waals surface area contributed by atoms with Crippen LogP contribution in [-0.2, 0) is 14.3 Å². The third-order valence-corrected chi connectivity index (χ3v) is 3.72. The van der Waals surface area contributed by atoms with Crippen molar-refractivity contribution in [2.24, 2.45) is 0 Å². The standard InChI is InChI=1S/C18H36O4/c1-2-3-4-5-6-7-8-9-10-11-12-13-15-22-18(20)17-21-16-14-19/h19H,2-17H2,1H3.